The van der Waals surface area contributed by atoms with Gasteiger partial charge in [0, 0.05) is 43.3 Å². The van der Waals surface area contributed by atoms with Crippen molar-refractivity contribution in [2.24, 2.45) is 0 Å². The van der Waals surface area contributed by atoms with Crippen molar-refractivity contribution >= 4 is 78.0 Å². The Balaban J connectivity index is 1.28. The van der Waals surface area contributed by atoms with E-state index in [0.29, 0.717) is 5.92 Å². The third kappa shape index (κ3) is 6.82. The summed E-state index contributed by atoms with van der Waals surface area (Å²) in [6, 6.07) is 35.5. The molecule has 5 aliphatic rings. The Morgan fingerprint density at radius 2 is 1.05 bits per heavy atom. The number of benzene rings is 5. The van der Waals surface area contributed by atoms with E-state index < -0.39 is 0 Å². The molecule has 2 nitrogen and oxygen atoms in total. The largest absolute Gasteiger partial charge is 0.311 e. The van der Waals surface area contributed by atoms with E-state index in [1.54, 1.807) is 11.1 Å². The van der Waals surface area contributed by atoms with Gasteiger partial charge in [-0.15, -0.1) is 11.3 Å². The molecule has 6 aromatic rings. The Morgan fingerprint density at radius 1 is 0.515 bits per heavy atom. The number of thiophene rings is 1. The van der Waals surface area contributed by atoms with Crippen molar-refractivity contribution in [2.75, 3.05) is 9.80 Å². The van der Waals surface area contributed by atoms with Gasteiger partial charge in [0.1, 0.15) is 0 Å². The molecule has 5 aromatic carbocycles. The van der Waals surface area contributed by atoms with Crippen molar-refractivity contribution in [1.29, 1.82) is 0 Å². The molecule has 0 N–H and O–H groups in total. The Kier molecular flexibility index (Phi) is 9.80. The number of rotatable bonds is 3. The molecule has 0 radical (unpaired) electrons. The number of hydrogen-bond donors (Lipinski definition) is 0. The molecule has 66 heavy (non-hydrogen) atoms. The van der Waals surface area contributed by atoms with Gasteiger partial charge in [0.2, 0.25) is 0 Å². The quantitative estimate of drug-likeness (QED) is 0.163. The van der Waals surface area contributed by atoms with E-state index >= 15 is 0 Å². The summed E-state index contributed by atoms with van der Waals surface area (Å²) in [5.74, 6) is 0.550. The van der Waals surface area contributed by atoms with Gasteiger partial charge < -0.3 is 9.80 Å². The van der Waals surface area contributed by atoms with Crippen LogP contribution >= 0.6 is 11.3 Å². The number of fused-ring (bicyclic) bond motifs is 8. The van der Waals surface area contributed by atoms with Crippen LogP contribution in [-0.2, 0) is 32.5 Å². The van der Waals surface area contributed by atoms with Crippen LogP contribution in [0.5, 0.6) is 0 Å². The zero-order valence-electron chi connectivity index (χ0n) is 42.9. The molecule has 11 rings (SSSR count). The molecule has 1 fully saturated rings. The third-order valence-corrected chi connectivity index (χ3v) is 18.9. The fourth-order valence-corrected chi connectivity index (χ4v) is 14.4. The summed E-state index contributed by atoms with van der Waals surface area (Å²) in [5, 5.41) is 1.43. The summed E-state index contributed by atoms with van der Waals surface area (Å²) in [6.07, 6.45) is 11.3. The minimum atomic E-state index is 0.00574. The highest BCUT2D eigenvalue weighted by atomic mass is 32.1. The molecule has 0 saturated heterocycles. The highest BCUT2D eigenvalue weighted by molar-refractivity contribution is 7.33. The maximum absolute atomic E-state index is 2.81. The van der Waals surface area contributed by atoms with Crippen LogP contribution in [0.15, 0.2) is 84.9 Å². The van der Waals surface area contributed by atoms with Gasteiger partial charge >= 0.3 is 0 Å². The lowest BCUT2D eigenvalue weighted by molar-refractivity contribution is 0.332. The van der Waals surface area contributed by atoms with Crippen molar-refractivity contribution < 1.29 is 0 Å². The van der Waals surface area contributed by atoms with Crippen LogP contribution in [0.4, 0.5) is 34.1 Å². The standard InChI is InChI=1S/C62H75BN2S/c1-57(2,3)40-20-23-42(24-21-40)64-50-27-22-41(58(4,5)6)34-49(50)63-54-51(64)32-39(38-18-16-15-17-19-38)33-52(54)65(43-25-26-45-46(35-43)60(9,10)29-28-59(45,7)8)55-44-36-47-48(37-53(44)66-56(55)63)62(13,14)31-30-61(47,11)12/h20-27,32-38H,15-19,28-31H2,1-14H3. The molecular formula is C62H75BN2S. The summed E-state index contributed by atoms with van der Waals surface area (Å²) in [5.41, 5.74) is 22.0. The van der Waals surface area contributed by atoms with Gasteiger partial charge in [-0.05, 0) is 181 Å². The van der Waals surface area contributed by atoms with E-state index in [1.807, 2.05) is 0 Å². The topological polar surface area (TPSA) is 6.48 Å². The molecule has 3 heterocycles. The Hall–Kier alpha value is -4.28. The molecule has 0 atom stereocenters. The first-order valence-electron chi connectivity index (χ1n) is 25.7. The van der Waals surface area contributed by atoms with Crippen LogP contribution in [0, 0.1) is 0 Å². The second kappa shape index (κ2) is 14.6. The van der Waals surface area contributed by atoms with Gasteiger partial charge in [-0.1, -0.05) is 147 Å². The summed E-state index contributed by atoms with van der Waals surface area (Å²) in [6.45, 7) is 34.2. The van der Waals surface area contributed by atoms with Gasteiger partial charge in [-0.3, -0.25) is 0 Å². The lowest BCUT2D eigenvalue weighted by atomic mass is 9.36. The van der Waals surface area contributed by atoms with Crippen molar-refractivity contribution in [3.05, 3.63) is 124 Å². The van der Waals surface area contributed by atoms with Gasteiger partial charge in [-0.25, -0.2) is 0 Å². The Bertz CT molecular complexity index is 2940. The fraction of sp³-hybridized carbons (Fsp3) is 0.484. The zero-order chi connectivity index (χ0) is 46.7. The van der Waals surface area contributed by atoms with Crippen LogP contribution in [0.3, 0.4) is 0 Å². The van der Waals surface area contributed by atoms with Gasteiger partial charge in [0.15, 0.2) is 0 Å². The highest BCUT2D eigenvalue weighted by Gasteiger charge is 2.48. The van der Waals surface area contributed by atoms with Gasteiger partial charge in [0.25, 0.3) is 6.71 Å². The van der Waals surface area contributed by atoms with Crippen molar-refractivity contribution in [2.45, 2.75) is 193 Å². The summed E-state index contributed by atoms with van der Waals surface area (Å²) >= 11 is 2.09. The fourth-order valence-electron chi connectivity index (χ4n) is 13.1. The van der Waals surface area contributed by atoms with E-state index in [1.165, 1.54) is 146 Å². The normalized spacial score (nSPS) is 20.4. The maximum atomic E-state index is 2.81. The SMILES string of the molecule is CC(C)(C)c1ccc(N2c3ccc(C(C)(C)C)cc3B3c4sc5cc6c(cc5c4N(c4ccc5c(c4)C(C)(C)CCC5(C)C)c4cc(C5CCCCC5)cc2c43)C(C)(C)CCC6(C)C)cc1. The molecule has 342 valence electrons. The maximum Gasteiger partial charge on any atom is 0.264 e. The van der Waals surface area contributed by atoms with Crippen LogP contribution in [-0.4, -0.2) is 6.71 Å². The predicted octanol–water partition coefficient (Wildman–Crippen LogP) is 16.3. The van der Waals surface area contributed by atoms with Crippen LogP contribution in [0.2, 0.25) is 0 Å². The first-order chi connectivity index (χ1) is 30.9. The van der Waals surface area contributed by atoms with E-state index in [4.69, 9.17) is 0 Å². The van der Waals surface area contributed by atoms with Gasteiger partial charge in [-0.2, -0.15) is 0 Å². The number of nitrogens with zero attached hydrogens (tertiary/aromatic N) is 2. The average molecular weight is 891 g/mol. The second-order valence-corrected chi connectivity index (χ2v) is 27.3. The minimum Gasteiger partial charge on any atom is -0.311 e. The van der Waals surface area contributed by atoms with E-state index in [-0.39, 0.29) is 39.2 Å². The average Bonchev–Trinajstić information content (AvgIpc) is 3.64. The Morgan fingerprint density at radius 3 is 1.65 bits per heavy atom. The van der Waals surface area contributed by atoms with E-state index in [0.717, 1.165) is 0 Å². The molecule has 0 amide bonds. The number of anilines is 6. The lowest BCUT2D eigenvalue weighted by Gasteiger charge is -2.45. The Labute approximate surface area is 402 Å². The van der Waals surface area contributed by atoms with Crippen LogP contribution in [0.25, 0.3) is 10.1 Å². The van der Waals surface area contributed by atoms with Crippen LogP contribution < -0.4 is 25.5 Å². The molecule has 1 aromatic heterocycles. The van der Waals surface area contributed by atoms with Crippen molar-refractivity contribution in [3.8, 4) is 0 Å². The molecule has 3 aliphatic carbocycles. The monoisotopic (exact) mass is 891 g/mol. The second-order valence-electron chi connectivity index (χ2n) is 26.2. The number of hydrogen-bond acceptors (Lipinski definition) is 3. The summed E-state index contributed by atoms with van der Waals surface area (Å²) < 4.78 is 2.93. The molecule has 4 heteroatoms. The van der Waals surface area contributed by atoms with Crippen molar-refractivity contribution in [3.63, 3.8) is 0 Å². The first-order valence-corrected chi connectivity index (χ1v) is 26.6. The highest BCUT2D eigenvalue weighted by Crippen LogP contribution is 2.55. The zero-order valence-corrected chi connectivity index (χ0v) is 43.7. The molecular weight excluding hydrogens is 816 g/mol. The third-order valence-electron chi connectivity index (χ3n) is 17.7. The molecule has 0 unspecified atom stereocenters. The predicted molar refractivity (Wildman–Crippen MR) is 290 cm³/mol. The summed E-state index contributed by atoms with van der Waals surface area (Å²) in [4.78, 5) is 5.48. The first kappa shape index (κ1) is 44.2. The van der Waals surface area contributed by atoms with Gasteiger partial charge in [0.05, 0.1) is 5.69 Å². The molecule has 2 aliphatic heterocycles. The lowest BCUT2D eigenvalue weighted by Crippen LogP contribution is -2.60. The molecule has 0 bridgehead atoms. The summed E-state index contributed by atoms with van der Waals surface area (Å²) in [7, 11) is 0. The van der Waals surface area contributed by atoms with E-state index in [9.17, 15) is 0 Å². The minimum absolute atomic E-state index is 0.00574. The molecule has 0 spiro atoms. The smallest absolute Gasteiger partial charge is 0.264 e. The van der Waals surface area contributed by atoms with Crippen LogP contribution in [0.1, 0.15) is 200 Å². The van der Waals surface area contributed by atoms with Crippen molar-refractivity contribution in [1.82, 2.24) is 0 Å². The van der Waals surface area contributed by atoms with E-state index in [2.05, 4.69) is 203 Å². The molecule has 1 saturated carbocycles.